The maximum atomic E-state index is 10.5. The molecule has 0 saturated heterocycles. The summed E-state index contributed by atoms with van der Waals surface area (Å²) in [5.74, 6) is -0.450. The van der Waals surface area contributed by atoms with Crippen molar-refractivity contribution in [2.75, 3.05) is 7.11 Å². The molecule has 0 bridgehead atoms. The van der Waals surface area contributed by atoms with E-state index in [-0.39, 0.29) is 35.8 Å². The number of carboxylic acid groups (broad SMARTS) is 1. The molecule has 0 aromatic rings. The first-order valence-electron chi connectivity index (χ1n) is 10.3. The largest absolute Gasteiger partial charge is 0.481 e. The molecule has 1 rings (SSSR count). The van der Waals surface area contributed by atoms with Crippen molar-refractivity contribution in [1.29, 1.82) is 0 Å². The van der Waals surface area contributed by atoms with E-state index in [1.807, 2.05) is 6.08 Å². The Kier molecular flexibility index (Phi) is 12.2. The summed E-state index contributed by atoms with van der Waals surface area (Å²) in [4.78, 5) is 10.5. The van der Waals surface area contributed by atoms with Gasteiger partial charge in [0.15, 0.2) is 0 Å². The van der Waals surface area contributed by atoms with Crippen LogP contribution < -0.4 is 0 Å². The second-order valence-electron chi connectivity index (χ2n) is 7.85. The van der Waals surface area contributed by atoms with Gasteiger partial charge in [-0.1, -0.05) is 31.4 Å². The molecule has 1 fully saturated rings. The van der Waals surface area contributed by atoms with Gasteiger partial charge < -0.3 is 20.1 Å². The molecule has 1 saturated carbocycles. The van der Waals surface area contributed by atoms with Crippen LogP contribution in [0.4, 0.5) is 0 Å². The maximum absolute atomic E-state index is 10.5. The monoisotopic (exact) mass is 404 g/mol. The molecule has 0 aromatic heterocycles. The topological polar surface area (TPSA) is 87.0 Å². The molecule has 0 radical (unpaired) electrons. The van der Waals surface area contributed by atoms with E-state index in [2.05, 4.69) is 6.08 Å². The summed E-state index contributed by atoms with van der Waals surface area (Å²) >= 11 is 6.49. The van der Waals surface area contributed by atoms with Gasteiger partial charge in [0, 0.05) is 24.8 Å². The first-order valence-corrected chi connectivity index (χ1v) is 10.7. The van der Waals surface area contributed by atoms with E-state index in [1.54, 1.807) is 14.0 Å². The third kappa shape index (κ3) is 9.93. The number of hydrogen-bond acceptors (Lipinski definition) is 4. The van der Waals surface area contributed by atoms with Crippen LogP contribution in [-0.2, 0) is 9.53 Å². The van der Waals surface area contributed by atoms with Gasteiger partial charge in [0.25, 0.3) is 0 Å². The highest BCUT2D eigenvalue weighted by atomic mass is 35.5. The predicted molar refractivity (Wildman–Crippen MR) is 108 cm³/mol. The summed E-state index contributed by atoms with van der Waals surface area (Å²) < 4.78 is 5.50. The molecule has 5 nitrogen and oxygen atoms in total. The lowest BCUT2D eigenvalue weighted by atomic mass is 9.88. The van der Waals surface area contributed by atoms with Crippen molar-refractivity contribution in [2.45, 2.75) is 94.8 Å². The van der Waals surface area contributed by atoms with Crippen LogP contribution in [0.15, 0.2) is 12.2 Å². The van der Waals surface area contributed by atoms with E-state index in [0.29, 0.717) is 6.42 Å². The summed E-state index contributed by atoms with van der Waals surface area (Å²) in [6.45, 7) is 1.79. The first-order chi connectivity index (χ1) is 12.8. The third-order valence-corrected chi connectivity index (χ3v) is 6.01. The Balaban J connectivity index is 2.45. The Morgan fingerprint density at radius 1 is 1.22 bits per heavy atom. The molecule has 27 heavy (non-hydrogen) atoms. The normalized spacial score (nSPS) is 27.9. The molecule has 6 atom stereocenters. The zero-order valence-electron chi connectivity index (χ0n) is 16.7. The van der Waals surface area contributed by atoms with Crippen molar-refractivity contribution < 1.29 is 24.9 Å². The van der Waals surface area contributed by atoms with Crippen molar-refractivity contribution in [3.63, 3.8) is 0 Å². The highest BCUT2D eigenvalue weighted by molar-refractivity contribution is 6.21. The lowest BCUT2D eigenvalue weighted by molar-refractivity contribution is -0.137. The molecule has 158 valence electrons. The molecule has 1 aliphatic carbocycles. The summed E-state index contributed by atoms with van der Waals surface area (Å²) in [6.07, 6.45) is 11.3. The lowest BCUT2D eigenvalue weighted by Gasteiger charge is -2.21. The van der Waals surface area contributed by atoms with Gasteiger partial charge in [-0.05, 0) is 51.4 Å². The average molecular weight is 405 g/mol. The van der Waals surface area contributed by atoms with E-state index >= 15 is 0 Å². The third-order valence-electron chi connectivity index (χ3n) is 5.51. The standard InChI is InChI=1S/C21H37ClO5/c1-15(23)8-7-9-16(27-2)12-13-18-17(19(22)14-20(18)24)10-5-3-4-6-11-21(25)26/h12-13,15-20,23-24H,3-11,14H2,1-2H3,(H,25,26)/t15-,16+,17-,18-,19-,20-/m1/s1. The molecule has 0 unspecified atom stereocenters. The molecule has 0 aliphatic heterocycles. The summed E-state index contributed by atoms with van der Waals surface area (Å²) in [5.41, 5.74) is 0. The number of rotatable bonds is 14. The van der Waals surface area contributed by atoms with Gasteiger partial charge in [-0.15, -0.1) is 11.6 Å². The minimum atomic E-state index is -0.735. The number of ether oxygens (including phenoxy) is 1. The number of aliphatic hydroxyl groups excluding tert-OH is 2. The van der Waals surface area contributed by atoms with Gasteiger partial charge in [0.2, 0.25) is 0 Å². The maximum Gasteiger partial charge on any atom is 0.303 e. The lowest BCUT2D eigenvalue weighted by Crippen LogP contribution is -2.20. The van der Waals surface area contributed by atoms with Crippen molar-refractivity contribution >= 4 is 17.6 Å². The second-order valence-corrected chi connectivity index (χ2v) is 8.41. The Hall–Kier alpha value is -0.620. The van der Waals surface area contributed by atoms with E-state index in [9.17, 15) is 15.0 Å². The van der Waals surface area contributed by atoms with Gasteiger partial charge in [-0.25, -0.2) is 0 Å². The van der Waals surface area contributed by atoms with Gasteiger partial charge in [0.05, 0.1) is 18.3 Å². The van der Waals surface area contributed by atoms with E-state index in [4.69, 9.17) is 21.4 Å². The Labute approximate surface area is 168 Å². The number of hydrogen-bond donors (Lipinski definition) is 3. The highest BCUT2D eigenvalue weighted by Gasteiger charge is 2.39. The Bertz CT molecular complexity index is 440. The number of aliphatic hydroxyl groups is 2. The number of aliphatic carboxylic acids is 1. The number of unbranched alkanes of at least 4 members (excludes halogenated alkanes) is 3. The number of halogens is 1. The zero-order chi connectivity index (χ0) is 20.2. The van der Waals surface area contributed by atoms with Crippen molar-refractivity contribution in [2.24, 2.45) is 11.8 Å². The quantitative estimate of drug-likeness (QED) is 0.230. The average Bonchev–Trinajstić information content (AvgIpc) is 2.86. The van der Waals surface area contributed by atoms with E-state index in [1.165, 1.54) is 0 Å². The Morgan fingerprint density at radius 2 is 1.93 bits per heavy atom. The second kappa shape index (κ2) is 13.5. The fraction of sp³-hybridized carbons (Fsp3) is 0.857. The highest BCUT2D eigenvalue weighted by Crippen LogP contribution is 2.40. The fourth-order valence-electron chi connectivity index (χ4n) is 3.90. The molecule has 0 aromatic carbocycles. The van der Waals surface area contributed by atoms with Crippen LogP contribution in [0.3, 0.4) is 0 Å². The summed E-state index contributed by atoms with van der Waals surface area (Å²) in [6, 6.07) is 0. The van der Waals surface area contributed by atoms with Gasteiger partial charge >= 0.3 is 5.97 Å². The molecule has 0 spiro atoms. The van der Waals surface area contributed by atoms with Crippen molar-refractivity contribution in [3.8, 4) is 0 Å². The van der Waals surface area contributed by atoms with Crippen LogP contribution in [0.2, 0.25) is 0 Å². The number of alkyl halides is 1. The van der Waals surface area contributed by atoms with E-state index in [0.717, 1.165) is 51.4 Å². The number of carboxylic acids is 1. The van der Waals surface area contributed by atoms with E-state index < -0.39 is 12.1 Å². The van der Waals surface area contributed by atoms with Crippen LogP contribution in [0.1, 0.15) is 71.1 Å². The predicted octanol–water partition coefficient (Wildman–Crippen LogP) is 4.14. The summed E-state index contributed by atoms with van der Waals surface area (Å²) in [5, 5.41) is 28.4. The molecule has 0 amide bonds. The van der Waals surface area contributed by atoms with Crippen LogP contribution in [0, 0.1) is 11.8 Å². The molecule has 6 heteroatoms. The minimum absolute atomic E-state index is 0.0120. The Morgan fingerprint density at radius 3 is 2.56 bits per heavy atom. The first kappa shape index (κ1) is 24.4. The molecule has 3 N–H and O–H groups in total. The molecule has 0 heterocycles. The summed E-state index contributed by atoms with van der Waals surface area (Å²) in [7, 11) is 1.68. The van der Waals surface area contributed by atoms with Crippen LogP contribution in [0.5, 0.6) is 0 Å². The molecular weight excluding hydrogens is 368 g/mol. The van der Waals surface area contributed by atoms with Crippen LogP contribution in [0.25, 0.3) is 0 Å². The van der Waals surface area contributed by atoms with Crippen molar-refractivity contribution in [1.82, 2.24) is 0 Å². The molecule has 1 aliphatic rings. The zero-order valence-corrected chi connectivity index (χ0v) is 17.5. The number of methoxy groups -OCH3 is 1. The SMILES string of the molecule is CO[C@H](C=C[C@@H]1[C@@H](CCCCCCC(=O)O)[C@H](Cl)C[C@H]1O)CCC[C@@H](C)O. The van der Waals surface area contributed by atoms with Gasteiger partial charge in [-0.3, -0.25) is 4.79 Å². The van der Waals surface area contributed by atoms with Gasteiger partial charge in [0.1, 0.15) is 0 Å². The minimum Gasteiger partial charge on any atom is -0.481 e. The fourth-order valence-corrected chi connectivity index (χ4v) is 4.38. The van der Waals surface area contributed by atoms with Crippen LogP contribution >= 0.6 is 11.6 Å². The molecular formula is C21H37ClO5. The number of carbonyl (C=O) groups is 1. The van der Waals surface area contributed by atoms with Crippen LogP contribution in [-0.4, -0.2) is 52.1 Å². The smallest absolute Gasteiger partial charge is 0.303 e. The van der Waals surface area contributed by atoms with Crippen molar-refractivity contribution in [3.05, 3.63) is 12.2 Å². The van der Waals surface area contributed by atoms with Gasteiger partial charge in [-0.2, -0.15) is 0 Å².